The molecule has 0 unspecified atom stereocenters. The minimum Gasteiger partial charge on any atom is -0.353 e. The van der Waals surface area contributed by atoms with Gasteiger partial charge in [-0.1, -0.05) is 29.8 Å². The van der Waals surface area contributed by atoms with Crippen LogP contribution < -0.4 is 10.2 Å². The molecule has 5 nitrogen and oxygen atoms in total. The molecule has 1 aliphatic heterocycles. The second-order valence-corrected chi connectivity index (χ2v) is 10.4. The van der Waals surface area contributed by atoms with E-state index in [-0.39, 0.29) is 17.9 Å². The molecule has 160 valence electrons. The normalized spacial score (nSPS) is 19.1. The molecule has 6 rings (SSSR count). The summed E-state index contributed by atoms with van der Waals surface area (Å²) in [6, 6.07) is 9.02. The molecule has 6 heteroatoms. The first-order valence-corrected chi connectivity index (χ1v) is 12.4. The van der Waals surface area contributed by atoms with Crippen molar-refractivity contribution in [2.75, 3.05) is 18.0 Å². The lowest BCUT2D eigenvalue weighted by atomic mass is 10.0. The van der Waals surface area contributed by atoms with Gasteiger partial charge in [0.15, 0.2) is 0 Å². The number of carbonyl (C=O) groups excluding carboxylic acids is 1. The molecule has 1 amide bonds. The molecule has 1 saturated carbocycles. The third-order valence-corrected chi connectivity index (χ3v) is 8.14. The third kappa shape index (κ3) is 3.61. The molecule has 3 aliphatic rings. The first-order valence-electron chi connectivity index (χ1n) is 11.6. The van der Waals surface area contributed by atoms with Gasteiger partial charge in [-0.3, -0.25) is 4.79 Å². The van der Waals surface area contributed by atoms with E-state index in [9.17, 15) is 4.79 Å². The average Bonchev–Trinajstić information content (AvgIpc) is 3.44. The highest BCUT2D eigenvalue weighted by Crippen LogP contribution is 2.41. The van der Waals surface area contributed by atoms with Gasteiger partial charge in [0.2, 0.25) is 11.9 Å². The zero-order valence-corrected chi connectivity index (χ0v) is 18.8. The molecule has 1 aromatic carbocycles. The Labute approximate surface area is 186 Å². The van der Waals surface area contributed by atoms with Gasteiger partial charge in [-0.25, -0.2) is 9.97 Å². The number of hydrogen-bond donors (Lipinski definition) is 1. The monoisotopic (exact) mass is 432 g/mol. The molecular formula is C25H28N4OS. The minimum atomic E-state index is 0.255. The fraction of sp³-hybridized carbons (Fsp3) is 0.480. The summed E-state index contributed by atoms with van der Waals surface area (Å²) < 4.78 is 0. The molecule has 0 radical (unpaired) electrons. The van der Waals surface area contributed by atoms with E-state index in [1.54, 1.807) is 0 Å². The second-order valence-electron chi connectivity index (χ2n) is 9.32. The molecule has 2 aromatic heterocycles. The molecule has 1 saturated heterocycles. The molecule has 3 heterocycles. The Kier molecular flexibility index (Phi) is 4.71. The second kappa shape index (κ2) is 7.59. The highest BCUT2D eigenvalue weighted by Gasteiger charge is 2.32. The lowest BCUT2D eigenvalue weighted by molar-refractivity contribution is -0.123. The maximum absolute atomic E-state index is 12.1. The van der Waals surface area contributed by atoms with Crippen LogP contribution in [0.3, 0.4) is 0 Å². The molecule has 3 aromatic rings. The van der Waals surface area contributed by atoms with Crippen molar-refractivity contribution in [2.24, 2.45) is 5.92 Å². The van der Waals surface area contributed by atoms with Crippen molar-refractivity contribution in [3.8, 4) is 11.3 Å². The van der Waals surface area contributed by atoms with Crippen molar-refractivity contribution in [1.82, 2.24) is 15.3 Å². The SMILES string of the molecule is Cc1ccc(-c2nc(N3CCC(NC(=O)C4CC4)CC3)nc3sc4c(c23)CCC4)cc1. The third-order valence-electron chi connectivity index (χ3n) is 6.95. The summed E-state index contributed by atoms with van der Waals surface area (Å²) >= 11 is 1.86. The number of aromatic nitrogens is 2. The molecule has 1 N–H and O–H groups in total. The highest BCUT2D eigenvalue weighted by molar-refractivity contribution is 7.19. The number of nitrogens with one attached hydrogen (secondary N) is 1. The molecule has 0 spiro atoms. The predicted molar refractivity (Wildman–Crippen MR) is 126 cm³/mol. The van der Waals surface area contributed by atoms with Crippen LogP contribution in [0.2, 0.25) is 0 Å². The molecule has 2 aliphatic carbocycles. The van der Waals surface area contributed by atoms with Crippen LogP contribution in [0.1, 0.15) is 48.1 Å². The maximum atomic E-state index is 12.1. The predicted octanol–water partition coefficient (Wildman–Crippen LogP) is 4.65. The van der Waals surface area contributed by atoms with E-state index in [0.29, 0.717) is 0 Å². The van der Waals surface area contributed by atoms with Gasteiger partial charge in [0, 0.05) is 40.9 Å². The van der Waals surface area contributed by atoms with Crippen LogP contribution in [-0.4, -0.2) is 35.0 Å². The average molecular weight is 433 g/mol. The van der Waals surface area contributed by atoms with E-state index in [0.717, 1.165) is 61.7 Å². The first kappa shape index (κ1) is 19.2. The number of amides is 1. The number of fused-ring (bicyclic) bond motifs is 3. The molecule has 31 heavy (non-hydrogen) atoms. The number of nitrogens with zero attached hydrogens (tertiary/aromatic N) is 3. The van der Waals surface area contributed by atoms with Crippen LogP contribution in [0.15, 0.2) is 24.3 Å². The van der Waals surface area contributed by atoms with Crippen molar-refractivity contribution in [1.29, 1.82) is 0 Å². The van der Waals surface area contributed by atoms with Gasteiger partial charge in [0.25, 0.3) is 0 Å². The lowest BCUT2D eigenvalue weighted by Crippen LogP contribution is -2.45. The van der Waals surface area contributed by atoms with Crippen LogP contribution in [0.4, 0.5) is 5.95 Å². The Morgan fingerprint density at radius 1 is 1.06 bits per heavy atom. The summed E-state index contributed by atoms with van der Waals surface area (Å²) in [5, 5.41) is 4.52. The Bertz CT molecular complexity index is 1140. The molecule has 0 atom stereocenters. The summed E-state index contributed by atoms with van der Waals surface area (Å²) in [6.45, 7) is 3.90. The Morgan fingerprint density at radius 2 is 1.84 bits per heavy atom. The number of piperidine rings is 1. The largest absolute Gasteiger partial charge is 0.353 e. The van der Waals surface area contributed by atoms with Gasteiger partial charge >= 0.3 is 0 Å². The van der Waals surface area contributed by atoms with Gasteiger partial charge in [-0.15, -0.1) is 11.3 Å². The fourth-order valence-corrected chi connectivity index (χ4v) is 6.19. The number of thiophene rings is 1. The smallest absolute Gasteiger partial charge is 0.227 e. The Balaban J connectivity index is 1.31. The van der Waals surface area contributed by atoms with E-state index < -0.39 is 0 Å². The van der Waals surface area contributed by atoms with Crippen LogP contribution >= 0.6 is 11.3 Å². The number of benzene rings is 1. The van der Waals surface area contributed by atoms with E-state index in [2.05, 4.69) is 41.4 Å². The van der Waals surface area contributed by atoms with Crippen LogP contribution in [0.5, 0.6) is 0 Å². The van der Waals surface area contributed by atoms with Gasteiger partial charge in [0.05, 0.1) is 5.69 Å². The molecular weight excluding hydrogens is 404 g/mol. The zero-order valence-electron chi connectivity index (χ0n) is 18.0. The maximum Gasteiger partial charge on any atom is 0.227 e. The van der Waals surface area contributed by atoms with Crippen molar-refractivity contribution in [2.45, 2.75) is 57.9 Å². The summed E-state index contributed by atoms with van der Waals surface area (Å²) in [4.78, 5) is 27.2. The van der Waals surface area contributed by atoms with E-state index in [4.69, 9.17) is 9.97 Å². The van der Waals surface area contributed by atoms with Gasteiger partial charge in [-0.2, -0.15) is 0 Å². The number of rotatable bonds is 4. The first-order chi connectivity index (χ1) is 15.2. The van der Waals surface area contributed by atoms with Crippen LogP contribution in [0, 0.1) is 12.8 Å². The van der Waals surface area contributed by atoms with Crippen LogP contribution in [-0.2, 0) is 17.6 Å². The Morgan fingerprint density at radius 3 is 2.58 bits per heavy atom. The number of carbonyl (C=O) groups is 1. The number of aryl methyl sites for hydroxylation is 3. The highest BCUT2D eigenvalue weighted by atomic mass is 32.1. The fourth-order valence-electron chi connectivity index (χ4n) is 4.93. The van der Waals surface area contributed by atoms with Crippen molar-refractivity contribution >= 4 is 33.4 Å². The zero-order chi connectivity index (χ0) is 20.9. The lowest BCUT2D eigenvalue weighted by Gasteiger charge is -2.32. The topological polar surface area (TPSA) is 58.1 Å². The molecule has 2 fully saturated rings. The summed E-state index contributed by atoms with van der Waals surface area (Å²) in [7, 11) is 0. The van der Waals surface area contributed by atoms with Crippen molar-refractivity contribution in [3.05, 3.63) is 40.3 Å². The minimum absolute atomic E-state index is 0.255. The van der Waals surface area contributed by atoms with E-state index in [1.807, 2.05) is 11.3 Å². The standard InChI is InChI=1S/C25H28N4OS/c1-15-5-7-16(8-6-15)22-21-19-3-2-4-20(19)31-24(21)28-25(27-22)29-13-11-18(12-14-29)26-23(30)17-9-10-17/h5-8,17-18H,2-4,9-14H2,1H3,(H,26,30). The summed E-state index contributed by atoms with van der Waals surface area (Å²) in [5.74, 6) is 1.38. The molecule has 0 bridgehead atoms. The Hall–Kier alpha value is -2.47. The number of anilines is 1. The summed E-state index contributed by atoms with van der Waals surface area (Å²) in [6.07, 6.45) is 7.60. The van der Waals surface area contributed by atoms with Crippen molar-refractivity contribution < 1.29 is 4.79 Å². The van der Waals surface area contributed by atoms with Gasteiger partial charge in [-0.05, 0) is 57.4 Å². The van der Waals surface area contributed by atoms with Gasteiger partial charge < -0.3 is 10.2 Å². The van der Waals surface area contributed by atoms with Crippen LogP contribution in [0.25, 0.3) is 21.5 Å². The van der Waals surface area contributed by atoms with E-state index in [1.165, 1.54) is 39.8 Å². The number of hydrogen-bond acceptors (Lipinski definition) is 5. The van der Waals surface area contributed by atoms with E-state index >= 15 is 0 Å². The quantitative estimate of drug-likeness (QED) is 0.652. The summed E-state index contributed by atoms with van der Waals surface area (Å²) in [5.41, 5.74) is 5.01. The van der Waals surface area contributed by atoms with Crippen molar-refractivity contribution in [3.63, 3.8) is 0 Å². The van der Waals surface area contributed by atoms with Gasteiger partial charge in [0.1, 0.15) is 4.83 Å².